The molecule has 98 valence electrons. The fourth-order valence-corrected chi connectivity index (χ4v) is 2.63. The first-order valence-corrected chi connectivity index (χ1v) is 8.01. The van der Waals surface area contributed by atoms with Crippen LogP contribution in [0.3, 0.4) is 0 Å². The van der Waals surface area contributed by atoms with Crippen molar-refractivity contribution in [2.45, 2.75) is 25.3 Å². The molecule has 18 heavy (non-hydrogen) atoms. The molecular formula is C12H16ClN3OS. The summed E-state index contributed by atoms with van der Waals surface area (Å²) in [7, 11) is -0.765. The predicted molar refractivity (Wildman–Crippen MR) is 75.3 cm³/mol. The van der Waals surface area contributed by atoms with E-state index >= 15 is 0 Å². The van der Waals surface area contributed by atoms with Crippen molar-refractivity contribution in [2.75, 3.05) is 12.0 Å². The first-order chi connectivity index (χ1) is 8.59. The summed E-state index contributed by atoms with van der Waals surface area (Å²) in [6.07, 6.45) is 4.30. The lowest BCUT2D eigenvalue weighted by atomic mass is 10.4. The first-order valence-electron chi connectivity index (χ1n) is 5.85. The average molecular weight is 286 g/mol. The summed E-state index contributed by atoms with van der Waals surface area (Å²) in [6.45, 7) is 2.65. The normalized spacial score (nSPS) is 14.8. The molecule has 0 N–H and O–H groups in total. The van der Waals surface area contributed by atoms with Gasteiger partial charge in [-0.25, -0.2) is 9.97 Å². The maximum Gasteiger partial charge on any atom is 0.160 e. The number of aryl methyl sites for hydroxylation is 1. The molecule has 0 aliphatic heterocycles. The molecule has 2 rings (SSSR count). The predicted octanol–water partition coefficient (Wildman–Crippen LogP) is 2.50. The molecule has 2 heterocycles. The van der Waals surface area contributed by atoms with Gasteiger partial charge in [0.1, 0.15) is 11.3 Å². The molecular weight excluding hydrogens is 270 g/mol. The molecule has 0 spiro atoms. The molecule has 2 aromatic heterocycles. The maximum atomic E-state index is 11.1. The van der Waals surface area contributed by atoms with E-state index in [1.54, 1.807) is 12.5 Å². The Bertz CT molecular complexity index is 567. The second-order valence-electron chi connectivity index (χ2n) is 4.21. The molecule has 0 aliphatic carbocycles. The Morgan fingerprint density at radius 1 is 1.56 bits per heavy atom. The van der Waals surface area contributed by atoms with E-state index in [0.717, 1.165) is 30.0 Å². The SMILES string of the molecule is CC(Cl)c1nc2cccnc2n1CCCS(C)=O. The van der Waals surface area contributed by atoms with Gasteiger partial charge in [0.15, 0.2) is 5.65 Å². The third kappa shape index (κ3) is 2.90. The van der Waals surface area contributed by atoms with Crippen LogP contribution < -0.4 is 0 Å². The van der Waals surface area contributed by atoms with Crippen molar-refractivity contribution in [3.8, 4) is 0 Å². The Labute approximate surface area is 114 Å². The maximum absolute atomic E-state index is 11.1. The lowest BCUT2D eigenvalue weighted by Gasteiger charge is -2.09. The van der Waals surface area contributed by atoms with Gasteiger partial charge in [-0.2, -0.15) is 0 Å². The standard InChI is InChI=1S/C12H16ClN3OS/c1-9(13)11-15-10-5-3-6-14-12(10)16(11)7-4-8-18(2)17/h3,5-6,9H,4,7-8H2,1-2H3. The van der Waals surface area contributed by atoms with Crippen LogP contribution >= 0.6 is 11.6 Å². The summed E-state index contributed by atoms with van der Waals surface area (Å²) in [5, 5.41) is -0.161. The van der Waals surface area contributed by atoms with E-state index < -0.39 is 10.8 Å². The van der Waals surface area contributed by atoms with Gasteiger partial charge in [0.05, 0.1) is 5.38 Å². The third-order valence-electron chi connectivity index (χ3n) is 2.70. The number of alkyl halides is 1. The van der Waals surface area contributed by atoms with Crippen LogP contribution in [0.5, 0.6) is 0 Å². The molecule has 0 bridgehead atoms. The number of fused-ring (bicyclic) bond motifs is 1. The summed E-state index contributed by atoms with van der Waals surface area (Å²) >= 11 is 6.15. The minimum atomic E-state index is -0.765. The molecule has 2 atom stereocenters. The van der Waals surface area contributed by atoms with Gasteiger partial charge in [-0.1, -0.05) is 0 Å². The number of imidazole rings is 1. The van der Waals surface area contributed by atoms with Crippen molar-refractivity contribution in [3.05, 3.63) is 24.2 Å². The summed E-state index contributed by atoms with van der Waals surface area (Å²) < 4.78 is 13.1. The van der Waals surface area contributed by atoms with Crippen molar-refractivity contribution in [2.24, 2.45) is 0 Å². The molecule has 2 aromatic rings. The zero-order chi connectivity index (χ0) is 13.1. The average Bonchev–Trinajstić information content (AvgIpc) is 2.68. The Balaban J connectivity index is 2.33. The highest BCUT2D eigenvalue weighted by Crippen LogP contribution is 2.23. The van der Waals surface area contributed by atoms with Gasteiger partial charge in [-0.05, 0) is 25.5 Å². The van der Waals surface area contributed by atoms with Crippen LogP contribution in [-0.2, 0) is 17.3 Å². The molecule has 4 nitrogen and oxygen atoms in total. The fourth-order valence-electron chi connectivity index (χ4n) is 1.93. The number of aromatic nitrogens is 3. The number of nitrogens with zero attached hydrogens (tertiary/aromatic N) is 3. The Morgan fingerprint density at radius 2 is 2.33 bits per heavy atom. The molecule has 6 heteroatoms. The monoisotopic (exact) mass is 285 g/mol. The van der Waals surface area contributed by atoms with Crippen molar-refractivity contribution in [1.29, 1.82) is 0 Å². The van der Waals surface area contributed by atoms with Crippen LogP contribution in [0.2, 0.25) is 0 Å². The van der Waals surface area contributed by atoms with Gasteiger partial charge >= 0.3 is 0 Å². The Morgan fingerprint density at radius 3 is 3.00 bits per heavy atom. The van der Waals surface area contributed by atoms with Crippen LogP contribution in [0, 0.1) is 0 Å². The number of hydrogen-bond acceptors (Lipinski definition) is 3. The van der Waals surface area contributed by atoms with Crippen molar-refractivity contribution in [3.63, 3.8) is 0 Å². The van der Waals surface area contributed by atoms with Crippen LogP contribution in [0.1, 0.15) is 24.5 Å². The summed E-state index contributed by atoms with van der Waals surface area (Å²) in [5.74, 6) is 1.51. The molecule has 0 fully saturated rings. The molecule has 0 saturated carbocycles. The van der Waals surface area contributed by atoms with E-state index in [4.69, 9.17) is 11.6 Å². The minimum absolute atomic E-state index is 0.161. The van der Waals surface area contributed by atoms with Gasteiger partial charge in [-0.3, -0.25) is 4.21 Å². The van der Waals surface area contributed by atoms with Gasteiger partial charge < -0.3 is 4.57 Å². The largest absolute Gasteiger partial charge is 0.311 e. The zero-order valence-electron chi connectivity index (χ0n) is 10.5. The van der Waals surface area contributed by atoms with E-state index in [1.807, 2.05) is 23.6 Å². The fraction of sp³-hybridized carbons (Fsp3) is 0.500. The van der Waals surface area contributed by atoms with Gasteiger partial charge in [0.2, 0.25) is 0 Å². The summed E-state index contributed by atoms with van der Waals surface area (Å²) in [6, 6.07) is 3.79. The van der Waals surface area contributed by atoms with Gasteiger partial charge in [0.25, 0.3) is 0 Å². The van der Waals surface area contributed by atoms with Crippen molar-refractivity contribution < 1.29 is 4.21 Å². The molecule has 2 unspecified atom stereocenters. The highest BCUT2D eigenvalue weighted by Gasteiger charge is 2.15. The minimum Gasteiger partial charge on any atom is -0.311 e. The molecule has 0 saturated heterocycles. The van der Waals surface area contributed by atoms with E-state index in [9.17, 15) is 4.21 Å². The van der Waals surface area contributed by atoms with E-state index in [2.05, 4.69) is 9.97 Å². The van der Waals surface area contributed by atoms with Crippen LogP contribution in [-0.4, -0.2) is 30.8 Å². The quantitative estimate of drug-likeness (QED) is 0.793. The number of halogens is 1. The number of hydrogen-bond donors (Lipinski definition) is 0. The molecule has 0 amide bonds. The van der Waals surface area contributed by atoms with Crippen LogP contribution in [0.25, 0.3) is 11.2 Å². The molecule has 0 aromatic carbocycles. The first kappa shape index (κ1) is 13.5. The highest BCUT2D eigenvalue weighted by molar-refractivity contribution is 7.84. The Kier molecular flexibility index (Phi) is 4.35. The van der Waals surface area contributed by atoms with E-state index in [0.29, 0.717) is 5.75 Å². The van der Waals surface area contributed by atoms with Gasteiger partial charge in [-0.15, -0.1) is 11.6 Å². The van der Waals surface area contributed by atoms with Crippen molar-refractivity contribution >= 4 is 33.6 Å². The second kappa shape index (κ2) is 5.80. The van der Waals surface area contributed by atoms with Crippen molar-refractivity contribution in [1.82, 2.24) is 14.5 Å². The molecule has 0 radical (unpaired) electrons. The smallest absolute Gasteiger partial charge is 0.160 e. The second-order valence-corrected chi connectivity index (χ2v) is 6.42. The molecule has 0 aliphatic rings. The van der Waals surface area contributed by atoms with Crippen LogP contribution in [0.4, 0.5) is 0 Å². The third-order valence-corrected chi connectivity index (χ3v) is 3.76. The highest BCUT2D eigenvalue weighted by atomic mass is 35.5. The topological polar surface area (TPSA) is 47.8 Å². The van der Waals surface area contributed by atoms with E-state index in [1.165, 1.54) is 0 Å². The van der Waals surface area contributed by atoms with E-state index in [-0.39, 0.29) is 5.38 Å². The lowest BCUT2D eigenvalue weighted by molar-refractivity contribution is 0.642. The summed E-state index contributed by atoms with van der Waals surface area (Å²) in [5.41, 5.74) is 1.71. The Hall–Kier alpha value is -0.940. The van der Waals surface area contributed by atoms with Crippen LogP contribution in [0.15, 0.2) is 18.3 Å². The summed E-state index contributed by atoms with van der Waals surface area (Å²) in [4.78, 5) is 8.85. The lowest BCUT2D eigenvalue weighted by Crippen LogP contribution is -2.08. The number of rotatable bonds is 5. The zero-order valence-corrected chi connectivity index (χ0v) is 12.0. The number of pyridine rings is 1. The van der Waals surface area contributed by atoms with Gasteiger partial charge in [0, 0.05) is 35.5 Å².